The molecular weight excluding hydrogens is 284 g/mol. The summed E-state index contributed by atoms with van der Waals surface area (Å²) in [5, 5.41) is 9.20. The van der Waals surface area contributed by atoms with Gasteiger partial charge in [0, 0.05) is 18.3 Å². The molecule has 0 fully saturated rings. The lowest BCUT2D eigenvalue weighted by Gasteiger charge is -2.10. The van der Waals surface area contributed by atoms with Gasteiger partial charge in [0.15, 0.2) is 5.76 Å². The number of anilines is 1. The highest BCUT2D eigenvalue weighted by molar-refractivity contribution is 7.13. The lowest BCUT2D eigenvalue weighted by atomic mass is 10.1. The molecule has 0 spiro atoms. The molecule has 3 rings (SSSR count). The van der Waals surface area contributed by atoms with Gasteiger partial charge in [0.05, 0.1) is 21.8 Å². The van der Waals surface area contributed by atoms with Gasteiger partial charge in [-0.2, -0.15) is 0 Å². The number of nitrogens with zero attached hydrogens (tertiary/aromatic N) is 3. The van der Waals surface area contributed by atoms with E-state index in [9.17, 15) is 0 Å². The van der Waals surface area contributed by atoms with Crippen LogP contribution in [0.1, 0.15) is 19.5 Å². The number of aromatic nitrogens is 3. The lowest BCUT2D eigenvalue weighted by molar-refractivity contribution is 0.427. The zero-order chi connectivity index (χ0) is 14.8. The molecule has 0 aromatic carbocycles. The van der Waals surface area contributed by atoms with Crippen LogP contribution in [0.3, 0.4) is 0 Å². The van der Waals surface area contributed by atoms with E-state index >= 15 is 0 Å². The van der Waals surface area contributed by atoms with Crippen molar-refractivity contribution in [1.82, 2.24) is 15.1 Å². The first kappa shape index (κ1) is 13.8. The lowest BCUT2D eigenvalue weighted by Crippen LogP contribution is -2.12. The van der Waals surface area contributed by atoms with Crippen molar-refractivity contribution in [3.63, 3.8) is 0 Å². The van der Waals surface area contributed by atoms with Crippen LogP contribution in [0.15, 0.2) is 34.3 Å². The van der Waals surface area contributed by atoms with Crippen LogP contribution in [0.25, 0.3) is 21.9 Å². The summed E-state index contributed by atoms with van der Waals surface area (Å²) in [4.78, 5) is 10.1. The maximum Gasteiger partial charge on any atom is 0.223 e. The van der Waals surface area contributed by atoms with Crippen LogP contribution in [0.5, 0.6) is 0 Å². The van der Waals surface area contributed by atoms with Gasteiger partial charge >= 0.3 is 0 Å². The third-order valence-corrected chi connectivity index (χ3v) is 3.73. The van der Waals surface area contributed by atoms with Crippen molar-refractivity contribution in [2.75, 3.05) is 5.32 Å². The first-order valence-corrected chi connectivity index (χ1v) is 7.62. The fraction of sp³-hybridized carbons (Fsp3) is 0.267. The fourth-order valence-corrected chi connectivity index (χ4v) is 2.71. The summed E-state index contributed by atoms with van der Waals surface area (Å²) in [6, 6.07) is 6.22. The zero-order valence-electron chi connectivity index (χ0n) is 12.1. The minimum absolute atomic E-state index is 0.277. The maximum atomic E-state index is 5.36. The molecule has 0 bridgehead atoms. The van der Waals surface area contributed by atoms with Gasteiger partial charge in [0.1, 0.15) is 0 Å². The van der Waals surface area contributed by atoms with Crippen LogP contribution in [-0.4, -0.2) is 21.2 Å². The Morgan fingerprint density at radius 2 is 2.19 bits per heavy atom. The quantitative estimate of drug-likeness (QED) is 0.789. The molecule has 0 saturated heterocycles. The molecule has 6 heteroatoms. The molecule has 0 saturated carbocycles. The summed E-state index contributed by atoms with van der Waals surface area (Å²) < 4.78 is 5.36. The van der Waals surface area contributed by atoms with Crippen LogP contribution in [0.4, 0.5) is 5.95 Å². The van der Waals surface area contributed by atoms with Crippen molar-refractivity contribution >= 4 is 17.3 Å². The largest absolute Gasteiger partial charge is 0.356 e. The van der Waals surface area contributed by atoms with Gasteiger partial charge in [-0.1, -0.05) is 11.2 Å². The van der Waals surface area contributed by atoms with Crippen molar-refractivity contribution in [3.8, 4) is 21.9 Å². The summed E-state index contributed by atoms with van der Waals surface area (Å²) in [7, 11) is 0. The first-order chi connectivity index (χ1) is 10.1. The van der Waals surface area contributed by atoms with E-state index in [1.807, 2.05) is 30.5 Å². The number of aryl methyl sites for hydroxylation is 1. The van der Waals surface area contributed by atoms with E-state index in [4.69, 9.17) is 4.52 Å². The Kier molecular flexibility index (Phi) is 3.70. The monoisotopic (exact) mass is 300 g/mol. The normalized spacial score (nSPS) is 11.0. The SMILES string of the molecule is Cc1cc(-c2cnc(NC(C)C)nc2-c2cccs2)on1. The van der Waals surface area contributed by atoms with Crippen LogP contribution >= 0.6 is 11.3 Å². The van der Waals surface area contributed by atoms with E-state index in [0.29, 0.717) is 11.7 Å². The topological polar surface area (TPSA) is 63.8 Å². The van der Waals surface area contributed by atoms with E-state index in [0.717, 1.165) is 21.8 Å². The molecule has 3 aromatic heterocycles. The Hall–Kier alpha value is -2.21. The van der Waals surface area contributed by atoms with Gasteiger partial charge in [0.25, 0.3) is 0 Å². The van der Waals surface area contributed by atoms with Gasteiger partial charge in [-0.25, -0.2) is 9.97 Å². The van der Waals surface area contributed by atoms with Gasteiger partial charge in [-0.15, -0.1) is 11.3 Å². The van der Waals surface area contributed by atoms with E-state index < -0.39 is 0 Å². The average molecular weight is 300 g/mol. The Morgan fingerprint density at radius 3 is 2.81 bits per heavy atom. The van der Waals surface area contributed by atoms with Gasteiger partial charge < -0.3 is 9.84 Å². The molecule has 3 aromatic rings. The minimum Gasteiger partial charge on any atom is -0.356 e. The maximum absolute atomic E-state index is 5.36. The van der Waals surface area contributed by atoms with Crippen molar-refractivity contribution in [2.45, 2.75) is 26.8 Å². The molecule has 0 aliphatic carbocycles. The van der Waals surface area contributed by atoms with E-state index in [1.54, 1.807) is 17.5 Å². The highest BCUT2D eigenvalue weighted by Crippen LogP contribution is 2.33. The van der Waals surface area contributed by atoms with Crippen LogP contribution < -0.4 is 5.32 Å². The second-order valence-electron chi connectivity index (χ2n) is 5.06. The standard InChI is InChI=1S/C15H16N4OS/c1-9(2)17-15-16-8-11(12-7-10(3)19-20-12)14(18-15)13-5-4-6-21-13/h4-9H,1-3H3,(H,16,17,18). The second kappa shape index (κ2) is 5.65. The summed E-state index contributed by atoms with van der Waals surface area (Å²) in [5.41, 5.74) is 2.55. The first-order valence-electron chi connectivity index (χ1n) is 6.74. The molecule has 5 nitrogen and oxygen atoms in total. The molecule has 0 aliphatic rings. The molecule has 0 radical (unpaired) electrons. The van der Waals surface area contributed by atoms with Gasteiger partial charge in [0.2, 0.25) is 5.95 Å². The molecule has 0 atom stereocenters. The predicted octanol–water partition coefficient (Wildman–Crippen LogP) is 3.99. The van der Waals surface area contributed by atoms with Crippen molar-refractivity contribution in [2.24, 2.45) is 0 Å². The molecule has 3 heterocycles. The molecule has 0 aliphatic heterocycles. The Labute approximate surface area is 127 Å². The van der Waals surface area contributed by atoms with Crippen LogP contribution in [-0.2, 0) is 0 Å². The number of hydrogen-bond donors (Lipinski definition) is 1. The van der Waals surface area contributed by atoms with E-state index in [2.05, 4.69) is 34.3 Å². The van der Waals surface area contributed by atoms with Crippen molar-refractivity contribution in [3.05, 3.63) is 35.5 Å². The molecular formula is C15H16N4OS. The summed E-state index contributed by atoms with van der Waals surface area (Å²) >= 11 is 1.64. The fourth-order valence-electron chi connectivity index (χ4n) is 1.98. The number of nitrogens with one attached hydrogen (secondary N) is 1. The Balaban J connectivity index is 2.11. The average Bonchev–Trinajstić information content (AvgIpc) is 3.09. The highest BCUT2D eigenvalue weighted by Gasteiger charge is 2.16. The predicted molar refractivity (Wildman–Crippen MR) is 84.3 cm³/mol. The Morgan fingerprint density at radius 1 is 1.33 bits per heavy atom. The number of rotatable bonds is 4. The molecule has 21 heavy (non-hydrogen) atoms. The van der Waals surface area contributed by atoms with Crippen molar-refractivity contribution < 1.29 is 4.52 Å². The van der Waals surface area contributed by atoms with E-state index in [-0.39, 0.29) is 6.04 Å². The molecule has 108 valence electrons. The van der Waals surface area contributed by atoms with Gasteiger partial charge in [-0.05, 0) is 32.2 Å². The minimum atomic E-state index is 0.277. The molecule has 0 amide bonds. The highest BCUT2D eigenvalue weighted by atomic mass is 32.1. The number of hydrogen-bond acceptors (Lipinski definition) is 6. The summed E-state index contributed by atoms with van der Waals surface area (Å²) in [6.45, 7) is 6.01. The summed E-state index contributed by atoms with van der Waals surface area (Å²) in [6.07, 6.45) is 1.78. The zero-order valence-corrected chi connectivity index (χ0v) is 12.9. The summed E-state index contributed by atoms with van der Waals surface area (Å²) in [5.74, 6) is 1.31. The second-order valence-corrected chi connectivity index (χ2v) is 6.01. The Bertz CT molecular complexity index is 734. The number of thiophene rings is 1. The van der Waals surface area contributed by atoms with E-state index in [1.165, 1.54) is 0 Å². The van der Waals surface area contributed by atoms with Gasteiger partial charge in [-0.3, -0.25) is 0 Å². The third kappa shape index (κ3) is 2.95. The smallest absolute Gasteiger partial charge is 0.223 e. The van der Waals surface area contributed by atoms with Crippen LogP contribution in [0.2, 0.25) is 0 Å². The third-order valence-electron chi connectivity index (χ3n) is 2.85. The molecule has 1 N–H and O–H groups in total. The van der Waals surface area contributed by atoms with Crippen molar-refractivity contribution in [1.29, 1.82) is 0 Å². The van der Waals surface area contributed by atoms with Crippen LogP contribution in [0, 0.1) is 6.92 Å². The molecule has 0 unspecified atom stereocenters.